The minimum Gasteiger partial charge on any atom is -0.508 e. The molecule has 1 aromatic carbocycles. The Morgan fingerprint density at radius 3 is 2.44 bits per heavy atom. The first-order chi connectivity index (χ1) is 7.43. The number of phenolic OH excluding ortho intramolecular Hbond substituents is 1. The first kappa shape index (κ1) is 12.1. The summed E-state index contributed by atoms with van der Waals surface area (Å²) in [5, 5.41) is 28.0. The Labute approximate surface area is 93.5 Å². The molecule has 0 aliphatic carbocycles. The SMILES string of the molecule is CC(C)=CCc1c(O)ccc(C(=O)O)c1O. The van der Waals surface area contributed by atoms with Gasteiger partial charge in [-0.1, -0.05) is 11.6 Å². The molecule has 0 atom stereocenters. The van der Waals surface area contributed by atoms with Crippen molar-refractivity contribution in [1.82, 2.24) is 0 Å². The summed E-state index contributed by atoms with van der Waals surface area (Å²) in [6.07, 6.45) is 2.11. The maximum absolute atomic E-state index is 10.8. The lowest BCUT2D eigenvalue weighted by atomic mass is 10.0. The minimum absolute atomic E-state index is 0.0972. The molecular weight excluding hydrogens is 208 g/mol. The fourth-order valence-corrected chi connectivity index (χ4v) is 1.31. The number of benzene rings is 1. The normalized spacial score (nSPS) is 9.88. The van der Waals surface area contributed by atoms with Crippen LogP contribution in [-0.4, -0.2) is 21.3 Å². The van der Waals surface area contributed by atoms with Gasteiger partial charge in [0.2, 0.25) is 0 Å². The largest absolute Gasteiger partial charge is 0.508 e. The molecule has 0 saturated carbocycles. The predicted molar refractivity (Wildman–Crippen MR) is 59.9 cm³/mol. The van der Waals surface area contributed by atoms with Gasteiger partial charge in [-0.05, 0) is 32.4 Å². The first-order valence-electron chi connectivity index (χ1n) is 4.84. The van der Waals surface area contributed by atoms with Gasteiger partial charge in [0.15, 0.2) is 0 Å². The zero-order valence-corrected chi connectivity index (χ0v) is 9.19. The van der Waals surface area contributed by atoms with E-state index in [9.17, 15) is 15.0 Å². The summed E-state index contributed by atoms with van der Waals surface area (Å²) in [6.45, 7) is 3.77. The van der Waals surface area contributed by atoms with E-state index in [1.165, 1.54) is 12.1 Å². The number of carbonyl (C=O) groups is 1. The third-order valence-corrected chi connectivity index (χ3v) is 2.20. The molecule has 1 aromatic rings. The Balaban J connectivity index is 3.21. The van der Waals surface area contributed by atoms with Gasteiger partial charge in [-0.15, -0.1) is 0 Å². The van der Waals surface area contributed by atoms with Crippen molar-refractivity contribution >= 4 is 5.97 Å². The highest BCUT2D eigenvalue weighted by Crippen LogP contribution is 2.31. The average molecular weight is 222 g/mol. The molecule has 0 spiro atoms. The third kappa shape index (κ3) is 2.53. The third-order valence-electron chi connectivity index (χ3n) is 2.20. The number of phenols is 2. The molecule has 0 aliphatic rings. The van der Waals surface area contributed by atoms with Gasteiger partial charge in [0.1, 0.15) is 17.1 Å². The van der Waals surface area contributed by atoms with Gasteiger partial charge < -0.3 is 15.3 Å². The van der Waals surface area contributed by atoms with Crippen LogP contribution < -0.4 is 0 Å². The molecule has 4 nitrogen and oxygen atoms in total. The Morgan fingerprint density at radius 2 is 1.94 bits per heavy atom. The molecule has 0 saturated heterocycles. The quantitative estimate of drug-likeness (QED) is 0.686. The topological polar surface area (TPSA) is 77.8 Å². The summed E-state index contributed by atoms with van der Waals surface area (Å²) in [4.78, 5) is 10.8. The minimum atomic E-state index is -1.21. The van der Waals surface area contributed by atoms with E-state index in [2.05, 4.69) is 0 Å². The lowest BCUT2D eigenvalue weighted by Gasteiger charge is -2.07. The Hall–Kier alpha value is -1.97. The lowest BCUT2D eigenvalue weighted by Crippen LogP contribution is -1.99. The van der Waals surface area contributed by atoms with E-state index >= 15 is 0 Å². The summed E-state index contributed by atoms with van der Waals surface area (Å²) >= 11 is 0. The molecule has 0 radical (unpaired) electrons. The average Bonchev–Trinajstić information content (AvgIpc) is 2.16. The molecule has 4 heteroatoms. The number of rotatable bonds is 3. The van der Waals surface area contributed by atoms with Crippen molar-refractivity contribution in [3.8, 4) is 11.5 Å². The summed E-state index contributed by atoms with van der Waals surface area (Å²) in [7, 11) is 0. The number of carboxylic acid groups (broad SMARTS) is 1. The smallest absolute Gasteiger partial charge is 0.339 e. The van der Waals surface area contributed by atoms with Gasteiger partial charge >= 0.3 is 5.97 Å². The van der Waals surface area contributed by atoms with Gasteiger partial charge in [-0.25, -0.2) is 4.79 Å². The molecule has 0 heterocycles. The maximum atomic E-state index is 10.8. The van der Waals surface area contributed by atoms with Crippen molar-refractivity contribution in [2.45, 2.75) is 20.3 Å². The van der Waals surface area contributed by atoms with Crippen LogP contribution in [-0.2, 0) is 6.42 Å². The van der Waals surface area contributed by atoms with Crippen LogP contribution in [0.15, 0.2) is 23.8 Å². The van der Waals surface area contributed by atoms with Gasteiger partial charge in [-0.3, -0.25) is 0 Å². The van der Waals surface area contributed by atoms with Crippen molar-refractivity contribution in [1.29, 1.82) is 0 Å². The number of hydrogen-bond acceptors (Lipinski definition) is 3. The highest BCUT2D eigenvalue weighted by atomic mass is 16.4. The monoisotopic (exact) mass is 222 g/mol. The van der Waals surface area contributed by atoms with Gasteiger partial charge in [0.25, 0.3) is 0 Å². The zero-order valence-electron chi connectivity index (χ0n) is 9.19. The van der Waals surface area contributed by atoms with Crippen LogP contribution in [0.1, 0.15) is 29.8 Å². The molecule has 16 heavy (non-hydrogen) atoms. The Morgan fingerprint density at radius 1 is 1.31 bits per heavy atom. The van der Waals surface area contributed by atoms with E-state index in [-0.39, 0.29) is 22.6 Å². The van der Waals surface area contributed by atoms with Crippen LogP contribution in [0.3, 0.4) is 0 Å². The van der Waals surface area contributed by atoms with Crippen molar-refractivity contribution in [3.05, 3.63) is 34.9 Å². The fourth-order valence-electron chi connectivity index (χ4n) is 1.31. The molecule has 3 N–H and O–H groups in total. The van der Waals surface area contributed by atoms with E-state index in [4.69, 9.17) is 5.11 Å². The van der Waals surface area contributed by atoms with Gasteiger partial charge in [0, 0.05) is 5.56 Å². The van der Waals surface area contributed by atoms with Crippen molar-refractivity contribution < 1.29 is 20.1 Å². The number of aromatic carboxylic acids is 1. The maximum Gasteiger partial charge on any atom is 0.339 e. The van der Waals surface area contributed by atoms with Gasteiger partial charge in [0.05, 0.1) is 0 Å². The second-order valence-electron chi connectivity index (χ2n) is 3.75. The fraction of sp³-hybridized carbons (Fsp3) is 0.250. The number of hydrogen-bond donors (Lipinski definition) is 3. The molecule has 0 aromatic heterocycles. The molecule has 0 aliphatic heterocycles. The zero-order chi connectivity index (χ0) is 12.3. The summed E-state index contributed by atoms with van der Waals surface area (Å²) in [6, 6.07) is 2.45. The van der Waals surface area contributed by atoms with E-state index in [1.807, 2.05) is 13.8 Å². The van der Waals surface area contributed by atoms with Crippen LogP contribution in [0.25, 0.3) is 0 Å². The van der Waals surface area contributed by atoms with E-state index in [1.54, 1.807) is 6.08 Å². The highest BCUT2D eigenvalue weighted by molar-refractivity contribution is 5.91. The standard InChI is InChI=1S/C12H14O4/c1-7(2)3-4-8-10(13)6-5-9(11(8)14)12(15)16/h3,5-6,13-14H,4H2,1-2H3,(H,15,16). The predicted octanol–water partition coefficient (Wildman–Crippen LogP) is 2.30. The molecule has 0 unspecified atom stereocenters. The Bertz CT molecular complexity index is 443. The van der Waals surface area contributed by atoms with Gasteiger partial charge in [-0.2, -0.15) is 0 Å². The van der Waals surface area contributed by atoms with Crippen LogP contribution in [0.5, 0.6) is 11.5 Å². The molecule has 0 amide bonds. The number of allylic oxidation sites excluding steroid dienone is 2. The van der Waals surface area contributed by atoms with Crippen LogP contribution in [0.4, 0.5) is 0 Å². The second kappa shape index (κ2) is 4.70. The second-order valence-corrected chi connectivity index (χ2v) is 3.75. The van der Waals surface area contributed by atoms with Crippen molar-refractivity contribution in [3.63, 3.8) is 0 Å². The molecule has 0 fully saturated rings. The molecule has 1 rings (SSSR count). The first-order valence-corrected chi connectivity index (χ1v) is 4.84. The van der Waals surface area contributed by atoms with Crippen LogP contribution in [0.2, 0.25) is 0 Å². The van der Waals surface area contributed by atoms with Crippen molar-refractivity contribution in [2.24, 2.45) is 0 Å². The molecular formula is C12H14O4. The Kier molecular flexibility index (Phi) is 3.55. The highest BCUT2D eigenvalue weighted by Gasteiger charge is 2.15. The summed E-state index contributed by atoms with van der Waals surface area (Å²) < 4.78 is 0. The molecule has 0 bridgehead atoms. The van der Waals surface area contributed by atoms with E-state index in [0.717, 1.165) is 5.57 Å². The number of aromatic hydroxyl groups is 2. The lowest BCUT2D eigenvalue weighted by molar-refractivity contribution is 0.0693. The van der Waals surface area contributed by atoms with Crippen molar-refractivity contribution in [2.75, 3.05) is 0 Å². The number of carboxylic acids is 1. The molecule has 86 valence electrons. The summed E-state index contributed by atoms with van der Waals surface area (Å²) in [5.74, 6) is -1.68. The van der Waals surface area contributed by atoms with E-state index in [0.29, 0.717) is 6.42 Å². The summed E-state index contributed by atoms with van der Waals surface area (Å²) in [5.41, 5.74) is 1.07. The van der Waals surface area contributed by atoms with E-state index < -0.39 is 5.97 Å². The van der Waals surface area contributed by atoms with Crippen LogP contribution >= 0.6 is 0 Å². The van der Waals surface area contributed by atoms with Crippen LogP contribution in [0, 0.1) is 0 Å².